The monoisotopic (exact) mass is 252 g/mol. The lowest BCUT2D eigenvalue weighted by atomic mass is 9.98. The summed E-state index contributed by atoms with van der Waals surface area (Å²) in [6.45, 7) is 8.98. The van der Waals surface area contributed by atoms with Crippen LogP contribution in [-0.2, 0) is 4.74 Å². The van der Waals surface area contributed by atoms with Crippen LogP contribution in [0.4, 0.5) is 4.79 Å². The second-order valence-electron chi connectivity index (χ2n) is 5.75. The molecule has 2 unspecified atom stereocenters. The van der Waals surface area contributed by atoms with Crippen LogP contribution in [0.15, 0.2) is 0 Å². The van der Waals surface area contributed by atoms with Gasteiger partial charge in [0.15, 0.2) is 0 Å². The number of carbonyl (C=O) groups excluding carboxylic acids is 1. The van der Waals surface area contributed by atoms with Gasteiger partial charge in [-0.25, -0.2) is 4.79 Å². The first-order valence-corrected chi connectivity index (χ1v) is 6.51. The molecule has 1 aliphatic heterocycles. The Kier molecular flexibility index (Phi) is 5.03. The molecule has 0 aromatic carbocycles. The summed E-state index contributed by atoms with van der Waals surface area (Å²) >= 11 is 0. The highest BCUT2D eigenvalue weighted by atomic mass is 16.6. The van der Waals surface area contributed by atoms with Crippen molar-refractivity contribution in [2.24, 2.45) is 0 Å². The number of terminal acetylenes is 1. The molecule has 0 aromatic rings. The van der Waals surface area contributed by atoms with Gasteiger partial charge in [0.2, 0.25) is 0 Å². The predicted octanol–water partition coefficient (Wildman–Crippen LogP) is 2.00. The minimum absolute atomic E-state index is 0.113. The van der Waals surface area contributed by atoms with Crippen LogP contribution in [0.2, 0.25) is 0 Å². The van der Waals surface area contributed by atoms with Crippen molar-refractivity contribution >= 4 is 6.09 Å². The Hall–Kier alpha value is -1.21. The first-order valence-electron chi connectivity index (χ1n) is 6.51. The van der Waals surface area contributed by atoms with E-state index in [0.29, 0.717) is 6.54 Å². The van der Waals surface area contributed by atoms with E-state index in [1.807, 2.05) is 27.7 Å². The van der Waals surface area contributed by atoms with Crippen LogP contribution in [0.25, 0.3) is 0 Å². The Bertz CT molecular complexity index is 328. The molecule has 0 radical (unpaired) electrons. The third-order valence-corrected chi connectivity index (χ3v) is 3.08. The third kappa shape index (κ3) is 4.23. The zero-order valence-electron chi connectivity index (χ0n) is 11.8. The highest BCUT2D eigenvalue weighted by molar-refractivity contribution is 5.68. The quantitative estimate of drug-likeness (QED) is 0.764. The molecule has 1 amide bonds. The zero-order chi connectivity index (χ0) is 13.8. The van der Waals surface area contributed by atoms with Crippen LogP contribution < -0.4 is 5.32 Å². The van der Waals surface area contributed by atoms with Gasteiger partial charge in [-0.3, -0.25) is 0 Å². The van der Waals surface area contributed by atoms with Gasteiger partial charge < -0.3 is 15.0 Å². The number of amides is 1. The van der Waals surface area contributed by atoms with Crippen molar-refractivity contribution < 1.29 is 9.53 Å². The lowest BCUT2D eigenvalue weighted by Crippen LogP contribution is -2.55. The van der Waals surface area contributed by atoms with Crippen molar-refractivity contribution in [3.05, 3.63) is 0 Å². The Labute approximate surface area is 110 Å². The molecule has 0 spiro atoms. The van der Waals surface area contributed by atoms with E-state index in [0.717, 1.165) is 19.4 Å². The molecule has 0 aliphatic carbocycles. The van der Waals surface area contributed by atoms with Crippen molar-refractivity contribution in [3.8, 4) is 12.3 Å². The number of ether oxygens (including phenoxy) is 1. The number of hydrogen-bond acceptors (Lipinski definition) is 3. The number of nitrogens with zero attached hydrogens (tertiary/aromatic N) is 1. The lowest BCUT2D eigenvalue weighted by molar-refractivity contribution is 0.00735. The topological polar surface area (TPSA) is 41.6 Å². The normalized spacial score (nSPS) is 24.5. The molecule has 1 N–H and O–H groups in total. The molecule has 4 nitrogen and oxygen atoms in total. The van der Waals surface area contributed by atoms with Crippen LogP contribution in [-0.4, -0.2) is 41.8 Å². The SMILES string of the molecule is C#CCNC1CCCN(C(=O)OC(C)(C)C)C1C. The molecule has 0 saturated carbocycles. The fourth-order valence-corrected chi connectivity index (χ4v) is 2.18. The summed E-state index contributed by atoms with van der Waals surface area (Å²) in [6, 6.07) is 0.365. The van der Waals surface area contributed by atoms with E-state index in [1.165, 1.54) is 0 Å². The first-order chi connectivity index (χ1) is 8.35. The van der Waals surface area contributed by atoms with Crippen LogP contribution >= 0.6 is 0 Å². The van der Waals surface area contributed by atoms with E-state index in [4.69, 9.17) is 11.2 Å². The van der Waals surface area contributed by atoms with Gasteiger partial charge >= 0.3 is 6.09 Å². The molecule has 2 atom stereocenters. The van der Waals surface area contributed by atoms with Crippen molar-refractivity contribution in [1.29, 1.82) is 0 Å². The second kappa shape index (κ2) is 6.10. The molecule has 1 saturated heterocycles. The summed E-state index contributed by atoms with van der Waals surface area (Å²) in [6.07, 6.45) is 7.04. The van der Waals surface area contributed by atoms with E-state index in [2.05, 4.69) is 11.2 Å². The predicted molar refractivity (Wildman–Crippen MR) is 72.3 cm³/mol. The minimum atomic E-state index is -0.448. The average molecular weight is 252 g/mol. The molecule has 4 heteroatoms. The Morgan fingerprint density at radius 3 is 2.78 bits per heavy atom. The molecule has 1 aliphatic rings. The maximum absolute atomic E-state index is 12.1. The molecule has 0 bridgehead atoms. The summed E-state index contributed by atoms with van der Waals surface area (Å²) in [5.41, 5.74) is -0.448. The summed E-state index contributed by atoms with van der Waals surface area (Å²) in [5, 5.41) is 3.28. The molecule has 1 heterocycles. The summed E-state index contributed by atoms with van der Waals surface area (Å²) < 4.78 is 5.42. The minimum Gasteiger partial charge on any atom is -0.444 e. The maximum Gasteiger partial charge on any atom is 0.410 e. The smallest absolute Gasteiger partial charge is 0.410 e. The van der Waals surface area contributed by atoms with Crippen LogP contribution in [0.5, 0.6) is 0 Å². The van der Waals surface area contributed by atoms with E-state index in [9.17, 15) is 4.79 Å². The van der Waals surface area contributed by atoms with E-state index in [1.54, 1.807) is 4.90 Å². The van der Waals surface area contributed by atoms with Gasteiger partial charge in [-0.15, -0.1) is 6.42 Å². The molecule has 18 heavy (non-hydrogen) atoms. The van der Waals surface area contributed by atoms with E-state index in [-0.39, 0.29) is 18.2 Å². The molecule has 1 fully saturated rings. The number of carbonyl (C=O) groups is 1. The molecule has 1 rings (SSSR count). The van der Waals surface area contributed by atoms with Gasteiger partial charge in [-0.2, -0.15) is 0 Å². The van der Waals surface area contributed by atoms with Crippen molar-refractivity contribution in [3.63, 3.8) is 0 Å². The standard InChI is InChI=1S/C14H24N2O2/c1-6-9-15-12-8-7-10-16(11(12)2)13(17)18-14(3,4)5/h1,11-12,15H,7-10H2,2-5H3. The van der Waals surface area contributed by atoms with Gasteiger partial charge in [0.25, 0.3) is 0 Å². The number of rotatable bonds is 2. The number of hydrogen-bond donors (Lipinski definition) is 1. The van der Waals surface area contributed by atoms with E-state index >= 15 is 0 Å². The highest BCUT2D eigenvalue weighted by Crippen LogP contribution is 2.20. The van der Waals surface area contributed by atoms with Gasteiger partial charge in [-0.1, -0.05) is 5.92 Å². The second-order valence-corrected chi connectivity index (χ2v) is 5.75. The Balaban J connectivity index is 2.60. The highest BCUT2D eigenvalue weighted by Gasteiger charge is 2.33. The third-order valence-electron chi connectivity index (χ3n) is 3.08. The average Bonchev–Trinajstić information content (AvgIpc) is 2.25. The Morgan fingerprint density at radius 1 is 1.56 bits per heavy atom. The zero-order valence-corrected chi connectivity index (χ0v) is 11.8. The van der Waals surface area contributed by atoms with Crippen molar-refractivity contribution in [1.82, 2.24) is 10.2 Å². The lowest BCUT2D eigenvalue weighted by Gasteiger charge is -2.40. The van der Waals surface area contributed by atoms with Gasteiger partial charge in [0.05, 0.1) is 6.54 Å². The van der Waals surface area contributed by atoms with Gasteiger partial charge in [-0.05, 0) is 40.5 Å². The molecular weight excluding hydrogens is 228 g/mol. The Morgan fingerprint density at radius 2 is 2.22 bits per heavy atom. The maximum atomic E-state index is 12.1. The summed E-state index contributed by atoms with van der Waals surface area (Å²) in [7, 11) is 0. The number of likely N-dealkylation sites (tertiary alicyclic amines) is 1. The van der Waals surface area contributed by atoms with E-state index < -0.39 is 5.60 Å². The fraction of sp³-hybridized carbons (Fsp3) is 0.786. The van der Waals surface area contributed by atoms with Crippen LogP contribution in [0.1, 0.15) is 40.5 Å². The fourth-order valence-electron chi connectivity index (χ4n) is 2.18. The van der Waals surface area contributed by atoms with Gasteiger partial charge in [0, 0.05) is 18.6 Å². The van der Waals surface area contributed by atoms with Crippen molar-refractivity contribution in [2.45, 2.75) is 58.2 Å². The summed E-state index contributed by atoms with van der Waals surface area (Å²) in [4.78, 5) is 13.9. The van der Waals surface area contributed by atoms with Gasteiger partial charge in [0.1, 0.15) is 5.60 Å². The molecular formula is C14H24N2O2. The van der Waals surface area contributed by atoms with Crippen molar-refractivity contribution in [2.75, 3.05) is 13.1 Å². The van der Waals surface area contributed by atoms with Crippen LogP contribution in [0, 0.1) is 12.3 Å². The first kappa shape index (κ1) is 14.8. The molecule has 102 valence electrons. The number of nitrogens with one attached hydrogen (secondary N) is 1. The largest absolute Gasteiger partial charge is 0.444 e. The molecule has 0 aromatic heterocycles. The van der Waals surface area contributed by atoms with Crippen LogP contribution in [0.3, 0.4) is 0 Å². The summed E-state index contributed by atoms with van der Waals surface area (Å²) in [5.74, 6) is 2.57. The number of piperidine rings is 1.